The molecule has 0 spiro atoms. The van der Waals surface area contributed by atoms with Crippen LogP contribution >= 0.6 is 11.3 Å². The summed E-state index contributed by atoms with van der Waals surface area (Å²) in [6, 6.07) is 4.05. The third kappa shape index (κ3) is 4.52. The lowest BCUT2D eigenvalue weighted by molar-refractivity contribution is -0.126. The number of aromatic nitrogens is 1. The Bertz CT molecular complexity index is 783. The van der Waals surface area contributed by atoms with E-state index in [-0.39, 0.29) is 17.7 Å². The predicted octanol–water partition coefficient (Wildman–Crippen LogP) is 3.12. The van der Waals surface area contributed by atoms with Crippen molar-refractivity contribution >= 4 is 33.4 Å². The molecule has 27 heavy (non-hydrogen) atoms. The monoisotopic (exact) mass is 391 g/mol. The van der Waals surface area contributed by atoms with Crippen LogP contribution in [0.5, 0.6) is 0 Å². The van der Waals surface area contributed by atoms with E-state index in [1.54, 1.807) is 11.3 Å². The van der Waals surface area contributed by atoms with Gasteiger partial charge in [0.25, 0.3) is 5.91 Å². The molecule has 0 radical (unpaired) electrons. The van der Waals surface area contributed by atoms with Gasteiger partial charge < -0.3 is 19.5 Å². The van der Waals surface area contributed by atoms with Crippen LogP contribution in [0.25, 0.3) is 10.2 Å². The molecule has 2 amide bonds. The fourth-order valence-corrected chi connectivity index (χ4v) is 4.53. The molecule has 1 saturated heterocycles. The molecule has 7 heteroatoms. The number of piperidine rings is 1. The minimum atomic E-state index is -0.124. The number of likely N-dealkylation sites (tertiary alicyclic amines) is 1. The zero-order valence-electron chi connectivity index (χ0n) is 16.2. The molecule has 0 saturated carbocycles. The van der Waals surface area contributed by atoms with E-state index in [2.05, 4.69) is 28.3 Å². The number of amides is 2. The van der Waals surface area contributed by atoms with Gasteiger partial charge in [-0.1, -0.05) is 0 Å². The van der Waals surface area contributed by atoms with E-state index in [0.29, 0.717) is 26.3 Å². The van der Waals surface area contributed by atoms with Gasteiger partial charge in [0, 0.05) is 39.4 Å². The minimum Gasteiger partial charge on any atom is -0.382 e. The van der Waals surface area contributed by atoms with Crippen molar-refractivity contribution in [1.29, 1.82) is 0 Å². The van der Waals surface area contributed by atoms with Crippen LogP contribution in [-0.4, -0.2) is 54.1 Å². The standard InChI is InChI=1S/C20H29N3O3S/c1-3-23-16-8-12-27-18(16)13-17(23)20(25)22-10-5-7-15(14-22)19(24)21-9-6-11-26-4-2/h8,12-13,15H,3-7,9-11,14H2,1-2H3,(H,21,24)/t15-/m1/s1. The normalized spacial score (nSPS) is 17.4. The molecule has 6 nitrogen and oxygen atoms in total. The zero-order valence-corrected chi connectivity index (χ0v) is 17.0. The Morgan fingerprint density at radius 3 is 3.00 bits per heavy atom. The molecule has 1 fully saturated rings. The summed E-state index contributed by atoms with van der Waals surface area (Å²) < 4.78 is 8.51. The predicted molar refractivity (Wildman–Crippen MR) is 108 cm³/mol. The van der Waals surface area contributed by atoms with E-state index in [4.69, 9.17) is 4.74 Å². The van der Waals surface area contributed by atoms with Gasteiger partial charge in [-0.25, -0.2) is 0 Å². The molecule has 0 aliphatic carbocycles. The summed E-state index contributed by atoms with van der Waals surface area (Å²) in [6.07, 6.45) is 2.52. The summed E-state index contributed by atoms with van der Waals surface area (Å²) in [6.45, 7) is 7.99. The number of nitrogens with one attached hydrogen (secondary N) is 1. The molecule has 2 aromatic rings. The number of nitrogens with zero attached hydrogens (tertiary/aromatic N) is 2. The molecule has 2 aromatic heterocycles. The number of hydrogen-bond acceptors (Lipinski definition) is 4. The number of rotatable bonds is 8. The minimum absolute atomic E-state index is 0.0362. The Labute approximate surface area is 164 Å². The molecule has 1 atom stereocenters. The molecule has 3 rings (SSSR count). The zero-order chi connectivity index (χ0) is 19.2. The van der Waals surface area contributed by atoms with Crippen LogP contribution in [0.15, 0.2) is 17.5 Å². The number of hydrogen-bond donors (Lipinski definition) is 1. The molecule has 0 unspecified atom stereocenters. The summed E-state index contributed by atoms with van der Waals surface area (Å²) in [4.78, 5) is 27.4. The first-order chi connectivity index (χ1) is 13.2. The Kier molecular flexibility index (Phi) is 6.90. The van der Waals surface area contributed by atoms with Gasteiger partial charge in [0.05, 0.1) is 16.1 Å². The van der Waals surface area contributed by atoms with Crippen LogP contribution < -0.4 is 5.32 Å². The van der Waals surface area contributed by atoms with Crippen LogP contribution in [0.4, 0.5) is 0 Å². The van der Waals surface area contributed by atoms with E-state index in [1.165, 1.54) is 0 Å². The number of aryl methyl sites for hydroxylation is 1. The second kappa shape index (κ2) is 9.37. The summed E-state index contributed by atoms with van der Waals surface area (Å²) in [5, 5.41) is 5.04. The number of carbonyl (C=O) groups excluding carboxylic acids is 2. The first-order valence-corrected chi connectivity index (χ1v) is 10.7. The van der Waals surface area contributed by atoms with E-state index in [9.17, 15) is 9.59 Å². The lowest BCUT2D eigenvalue weighted by Gasteiger charge is -2.32. The van der Waals surface area contributed by atoms with Crippen molar-refractivity contribution in [3.8, 4) is 0 Å². The summed E-state index contributed by atoms with van der Waals surface area (Å²) >= 11 is 1.66. The van der Waals surface area contributed by atoms with Crippen molar-refractivity contribution in [3.05, 3.63) is 23.2 Å². The summed E-state index contributed by atoms with van der Waals surface area (Å²) in [7, 11) is 0. The van der Waals surface area contributed by atoms with Crippen molar-refractivity contribution in [1.82, 2.24) is 14.8 Å². The van der Waals surface area contributed by atoms with Crippen molar-refractivity contribution in [2.75, 3.05) is 32.8 Å². The molecule has 0 aromatic carbocycles. The number of fused-ring (bicyclic) bond motifs is 1. The van der Waals surface area contributed by atoms with Gasteiger partial charge in [0.15, 0.2) is 0 Å². The Hall–Kier alpha value is -1.86. The largest absolute Gasteiger partial charge is 0.382 e. The smallest absolute Gasteiger partial charge is 0.270 e. The third-order valence-corrected chi connectivity index (χ3v) is 5.96. The highest BCUT2D eigenvalue weighted by atomic mass is 32.1. The maximum atomic E-state index is 13.1. The van der Waals surface area contributed by atoms with Gasteiger partial charge in [0.1, 0.15) is 5.69 Å². The molecule has 0 bridgehead atoms. The number of carbonyl (C=O) groups is 2. The lowest BCUT2D eigenvalue weighted by Crippen LogP contribution is -2.46. The van der Waals surface area contributed by atoms with E-state index in [1.807, 2.05) is 17.9 Å². The quantitative estimate of drug-likeness (QED) is 0.703. The number of ether oxygens (including phenoxy) is 1. The first kappa shape index (κ1) is 19.9. The fraction of sp³-hybridized carbons (Fsp3) is 0.600. The molecule has 3 heterocycles. The Morgan fingerprint density at radius 1 is 1.37 bits per heavy atom. The second-order valence-corrected chi connectivity index (χ2v) is 7.82. The van der Waals surface area contributed by atoms with Crippen molar-refractivity contribution in [2.24, 2.45) is 5.92 Å². The van der Waals surface area contributed by atoms with Crippen LogP contribution in [0.3, 0.4) is 0 Å². The van der Waals surface area contributed by atoms with Gasteiger partial charge in [-0.3, -0.25) is 9.59 Å². The molecule has 1 aliphatic rings. The Morgan fingerprint density at radius 2 is 2.22 bits per heavy atom. The molecular formula is C20H29N3O3S. The van der Waals surface area contributed by atoms with E-state index in [0.717, 1.165) is 48.3 Å². The maximum Gasteiger partial charge on any atom is 0.270 e. The van der Waals surface area contributed by atoms with Crippen LogP contribution in [-0.2, 0) is 16.1 Å². The van der Waals surface area contributed by atoms with Crippen molar-refractivity contribution in [3.63, 3.8) is 0 Å². The average Bonchev–Trinajstić information content (AvgIpc) is 3.28. The second-order valence-electron chi connectivity index (χ2n) is 6.88. The molecule has 1 aliphatic heterocycles. The van der Waals surface area contributed by atoms with Gasteiger partial charge in [-0.05, 0) is 50.6 Å². The highest BCUT2D eigenvalue weighted by Gasteiger charge is 2.30. The topological polar surface area (TPSA) is 63.6 Å². The molecule has 148 valence electrons. The number of thiophene rings is 1. The summed E-state index contributed by atoms with van der Waals surface area (Å²) in [5.74, 6) is -0.0362. The van der Waals surface area contributed by atoms with Crippen LogP contribution in [0, 0.1) is 5.92 Å². The van der Waals surface area contributed by atoms with Gasteiger partial charge >= 0.3 is 0 Å². The third-order valence-electron chi connectivity index (χ3n) is 5.11. The SMILES string of the molecule is CCOCCCNC(=O)[C@@H]1CCCN(C(=O)c2cc3sccc3n2CC)C1. The van der Waals surface area contributed by atoms with Crippen molar-refractivity contribution in [2.45, 2.75) is 39.7 Å². The van der Waals surface area contributed by atoms with E-state index < -0.39 is 0 Å². The van der Waals surface area contributed by atoms with Gasteiger partial charge in [-0.15, -0.1) is 11.3 Å². The fourth-order valence-electron chi connectivity index (χ4n) is 3.71. The van der Waals surface area contributed by atoms with Gasteiger partial charge in [-0.2, -0.15) is 0 Å². The highest BCUT2D eigenvalue weighted by molar-refractivity contribution is 7.17. The van der Waals surface area contributed by atoms with Crippen LogP contribution in [0.1, 0.15) is 43.6 Å². The summed E-state index contributed by atoms with van der Waals surface area (Å²) in [5.41, 5.74) is 1.85. The first-order valence-electron chi connectivity index (χ1n) is 9.87. The maximum absolute atomic E-state index is 13.1. The average molecular weight is 392 g/mol. The van der Waals surface area contributed by atoms with Gasteiger partial charge in [0.2, 0.25) is 5.91 Å². The van der Waals surface area contributed by atoms with E-state index >= 15 is 0 Å². The Balaban J connectivity index is 1.60. The highest BCUT2D eigenvalue weighted by Crippen LogP contribution is 2.27. The molecular weight excluding hydrogens is 362 g/mol. The van der Waals surface area contributed by atoms with Crippen molar-refractivity contribution < 1.29 is 14.3 Å². The molecule has 1 N–H and O–H groups in total. The lowest BCUT2D eigenvalue weighted by atomic mass is 9.97. The van der Waals surface area contributed by atoms with Crippen LogP contribution in [0.2, 0.25) is 0 Å².